The Morgan fingerprint density at radius 2 is 2.08 bits per heavy atom. The molecular weight excluding hydrogens is 166 g/mol. The number of hydrogen-bond donors (Lipinski definition) is 0. The van der Waals surface area contributed by atoms with Crippen LogP contribution in [0.15, 0.2) is 12.1 Å². The minimum absolute atomic E-state index is 0.0597. The lowest BCUT2D eigenvalue weighted by Crippen LogP contribution is -2.14. The molecule has 1 heterocycles. The van der Waals surface area contributed by atoms with Crippen LogP contribution in [0.25, 0.3) is 0 Å². The average molecular weight is 173 g/mol. The SMILES string of the molecule is N#CC1Cc2cc3c(cc21)OCO3. The van der Waals surface area contributed by atoms with Crippen molar-refractivity contribution in [3.63, 3.8) is 0 Å². The molecule has 3 nitrogen and oxygen atoms in total. The van der Waals surface area contributed by atoms with Gasteiger partial charge in [0.15, 0.2) is 11.5 Å². The fourth-order valence-corrected chi connectivity index (χ4v) is 1.81. The Hall–Kier alpha value is -1.69. The van der Waals surface area contributed by atoms with Gasteiger partial charge in [-0.2, -0.15) is 5.26 Å². The van der Waals surface area contributed by atoms with E-state index in [0.717, 1.165) is 23.5 Å². The van der Waals surface area contributed by atoms with Crippen LogP contribution < -0.4 is 9.47 Å². The summed E-state index contributed by atoms with van der Waals surface area (Å²) in [5.74, 6) is 1.65. The van der Waals surface area contributed by atoms with E-state index in [-0.39, 0.29) is 5.92 Å². The molecule has 1 unspecified atom stereocenters. The van der Waals surface area contributed by atoms with Crippen LogP contribution in [0.2, 0.25) is 0 Å². The lowest BCUT2D eigenvalue weighted by molar-refractivity contribution is 0.174. The van der Waals surface area contributed by atoms with Crippen LogP contribution in [0, 0.1) is 11.3 Å². The summed E-state index contributed by atoms with van der Waals surface area (Å²) < 4.78 is 10.5. The zero-order valence-corrected chi connectivity index (χ0v) is 6.91. The summed E-state index contributed by atoms with van der Waals surface area (Å²) in [6.45, 7) is 0.301. The van der Waals surface area contributed by atoms with Gasteiger partial charge in [0.1, 0.15) is 0 Å². The van der Waals surface area contributed by atoms with Gasteiger partial charge in [0, 0.05) is 0 Å². The van der Waals surface area contributed by atoms with Crippen LogP contribution in [0.5, 0.6) is 11.5 Å². The molecule has 1 aromatic rings. The second-order valence-electron chi connectivity index (χ2n) is 3.29. The molecule has 0 saturated heterocycles. The van der Waals surface area contributed by atoms with Crippen LogP contribution >= 0.6 is 0 Å². The van der Waals surface area contributed by atoms with Crippen molar-refractivity contribution in [2.75, 3.05) is 6.79 Å². The van der Waals surface area contributed by atoms with Gasteiger partial charge < -0.3 is 9.47 Å². The fourth-order valence-electron chi connectivity index (χ4n) is 1.81. The average Bonchev–Trinajstić information content (AvgIpc) is 2.55. The molecule has 0 N–H and O–H groups in total. The maximum Gasteiger partial charge on any atom is 0.231 e. The van der Waals surface area contributed by atoms with Crippen molar-refractivity contribution in [1.82, 2.24) is 0 Å². The van der Waals surface area contributed by atoms with Crippen LogP contribution in [0.3, 0.4) is 0 Å². The number of nitriles is 1. The lowest BCUT2D eigenvalue weighted by atomic mass is 9.78. The van der Waals surface area contributed by atoms with E-state index in [4.69, 9.17) is 14.7 Å². The summed E-state index contributed by atoms with van der Waals surface area (Å²) in [5, 5.41) is 8.76. The van der Waals surface area contributed by atoms with Gasteiger partial charge in [-0.1, -0.05) is 0 Å². The summed E-state index contributed by atoms with van der Waals surface area (Å²) in [6, 6.07) is 6.16. The Kier molecular flexibility index (Phi) is 1.13. The molecule has 0 bridgehead atoms. The summed E-state index contributed by atoms with van der Waals surface area (Å²) in [7, 11) is 0. The van der Waals surface area contributed by atoms with Crippen molar-refractivity contribution >= 4 is 0 Å². The molecular formula is C10H7NO2. The normalized spacial score (nSPS) is 21.6. The molecule has 3 heteroatoms. The molecule has 1 aliphatic carbocycles. The number of nitrogens with zero attached hydrogens (tertiary/aromatic N) is 1. The van der Waals surface area contributed by atoms with Gasteiger partial charge in [-0.15, -0.1) is 0 Å². The van der Waals surface area contributed by atoms with Crippen molar-refractivity contribution in [3.05, 3.63) is 23.3 Å². The predicted octanol–water partition coefficient (Wildman–Crippen LogP) is 1.58. The Balaban J connectivity index is 2.12. The molecule has 64 valence electrons. The zero-order valence-electron chi connectivity index (χ0n) is 6.91. The minimum Gasteiger partial charge on any atom is -0.454 e. The summed E-state index contributed by atoms with van der Waals surface area (Å²) in [5.41, 5.74) is 2.32. The third-order valence-electron chi connectivity index (χ3n) is 2.59. The molecule has 3 rings (SSSR count). The second-order valence-corrected chi connectivity index (χ2v) is 3.29. The van der Waals surface area contributed by atoms with Gasteiger partial charge in [-0.05, 0) is 29.7 Å². The van der Waals surface area contributed by atoms with Crippen molar-refractivity contribution in [2.24, 2.45) is 0 Å². The third-order valence-corrected chi connectivity index (χ3v) is 2.59. The first-order valence-corrected chi connectivity index (χ1v) is 4.20. The van der Waals surface area contributed by atoms with E-state index in [1.54, 1.807) is 0 Å². The third kappa shape index (κ3) is 0.775. The highest BCUT2D eigenvalue weighted by Gasteiger charge is 2.29. The van der Waals surface area contributed by atoms with E-state index in [1.165, 1.54) is 5.56 Å². The van der Waals surface area contributed by atoms with Crippen molar-refractivity contribution < 1.29 is 9.47 Å². The zero-order chi connectivity index (χ0) is 8.84. The highest BCUT2D eigenvalue weighted by molar-refractivity contribution is 5.55. The van der Waals surface area contributed by atoms with Gasteiger partial charge in [-0.3, -0.25) is 0 Å². The summed E-state index contributed by atoms with van der Waals surface area (Å²) in [4.78, 5) is 0. The summed E-state index contributed by atoms with van der Waals surface area (Å²) in [6.07, 6.45) is 0.850. The number of ether oxygens (including phenoxy) is 2. The topological polar surface area (TPSA) is 42.2 Å². The first-order valence-electron chi connectivity index (χ1n) is 4.20. The molecule has 1 aromatic carbocycles. The maximum atomic E-state index is 8.76. The smallest absolute Gasteiger partial charge is 0.231 e. The Morgan fingerprint density at radius 3 is 2.85 bits per heavy atom. The Morgan fingerprint density at radius 1 is 1.31 bits per heavy atom. The number of hydrogen-bond acceptors (Lipinski definition) is 3. The standard InChI is InChI=1S/C10H7NO2/c11-4-7-1-6-2-9-10(3-8(6)7)13-5-12-9/h2-3,7H,1,5H2. The molecule has 0 fully saturated rings. The second kappa shape index (κ2) is 2.17. The van der Waals surface area contributed by atoms with E-state index in [0.29, 0.717) is 6.79 Å². The Bertz CT molecular complexity index is 420. The molecule has 0 spiro atoms. The minimum atomic E-state index is 0.0597. The van der Waals surface area contributed by atoms with Crippen LogP contribution in [-0.4, -0.2) is 6.79 Å². The first kappa shape index (κ1) is 6.79. The van der Waals surface area contributed by atoms with E-state index in [9.17, 15) is 0 Å². The van der Waals surface area contributed by atoms with Gasteiger partial charge in [0.2, 0.25) is 6.79 Å². The van der Waals surface area contributed by atoms with Gasteiger partial charge in [0.05, 0.1) is 12.0 Å². The van der Waals surface area contributed by atoms with Crippen LogP contribution in [0.1, 0.15) is 17.0 Å². The highest BCUT2D eigenvalue weighted by Crippen LogP contribution is 2.43. The number of fused-ring (bicyclic) bond motifs is 2. The first-order chi connectivity index (χ1) is 6.38. The highest BCUT2D eigenvalue weighted by atomic mass is 16.7. The van der Waals surface area contributed by atoms with Crippen molar-refractivity contribution in [1.29, 1.82) is 5.26 Å². The molecule has 0 aromatic heterocycles. The predicted molar refractivity (Wildman–Crippen MR) is 44.6 cm³/mol. The monoisotopic (exact) mass is 173 g/mol. The quantitative estimate of drug-likeness (QED) is 0.598. The molecule has 2 aliphatic rings. The van der Waals surface area contributed by atoms with Crippen molar-refractivity contribution in [2.45, 2.75) is 12.3 Å². The van der Waals surface area contributed by atoms with Gasteiger partial charge in [0.25, 0.3) is 0 Å². The number of rotatable bonds is 0. The van der Waals surface area contributed by atoms with Gasteiger partial charge >= 0.3 is 0 Å². The van der Waals surface area contributed by atoms with Crippen LogP contribution in [-0.2, 0) is 6.42 Å². The Labute approximate surface area is 75.5 Å². The molecule has 0 saturated carbocycles. The lowest BCUT2D eigenvalue weighted by Gasteiger charge is -2.24. The molecule has 1 aliphatic heterocycles. The van der Waals surface area contributed by atoms with Gasteiger partial charge in [-0.25, -0.2) is 0 Å². The van der Waals surface area contributed by atoms with E-state index >= 15 is 0 Å². The van der Waals surface area contributed by atoms with E-state index in [1.807, 2.05) is 12.1 Å². The maximum absolute atomic E-state index is 8.76. The van der Waals surface area contributed by atoms with Crippen LogP contribution in [0.4, 0.5) is 0 Å². The fraction of sp³-hybridized carbons (Fsp3) is 0.300. The van der Waals surface area contributed by atoms with E-state index < -0.39 is 0 Å². The molecule has 13 heavy (non-hydrogen) atoms. The summed E-state index contributed by atoms with van der Waals surface area (Å²) >= 11 is 0. The molecule has 0 amide bonds. The number of benzene rings is 1. The van der Waals surface area contributed by atoms with Crippen molar-refractivity contribution in [3.8, 4) is 17.6 Å². The van der Waals surface area contributed by atoms with E-state index in [2.05, 4.69) is 6.07 Å². The molecule has 0 radical (unpaired) electrons. The largest absolute Gasteiger partial charge is 0.454 e. The molecule has 1 atom stereocenters.